The largest absolute Gasteiger partial charge is 0.382 e. The summed E-state index contributed by atoms with van der Waals surface area (Å²) in [6.07, 6.45) is 14.6. The molecule has 0 rings (SSSR count). The molecule has 0 fully saturated rings. The molecule has 0 saturated carbocycles. The Balaban J connectivity index is 2.91. The molecule has 0 aromatic rings. The summed E-state index contributed by atoms with van der Waals surface area (Å²) in [6, 6.07) is 0. The first kappa shape index (κ1) is 20.6. The van der Waals surface area contributed by atoms with Crippen LogP contribution in [0, 0.1) is 0 Å². The standard InChI is InChI=1S/C18H36O3/c1-3-4-5-6-7-8-9-10-11-14-20-15-12-13-16-21-18-17-19-2/h3H,1,4-18H2,2H3. The highest BCUT2D eigenvalue weighted by Crippen LogP contribution is 2.08. The van der Waals surface area contributed by atoms with Crippen molar-refractivity contribution >= 4 is 0 Å². The maximum absolute atomic E-state index is 5.63. The average molecular weight is 300 g/mol. The second-order valence-corrected chi connectivity index (χ2v) is 5.48. The van der Waals surface area contributed by atoms with Gasteiger partial charge in [0.05, 0.1) is 13.2 Å². The molecule has 21 heavy (non-hydrogen) atoms. The Kier molecular flexibility index (Phi) is 19.3. The van der Waals surface area contributed by atoms with Crippen molar-refractivity contribution in [3.63, 3.8) is 0 Å². The summed E-state index contributed by atoms with van der Waals surface area (Å²) >= 11 is 0. The third-order valence-electron chi connectivity index (χ3n) is 3.46. The van der Waals surface area contributed by atoms with Gasteiger partial charge in [-0.1, -0.05) is 38.2 Å². The van der Waals surface area contributed by atoms with Crippen LogP contribution in [0.1, 0.15) is 64.2 Å². The van der Waals surface area contributed by atoms with E-state index < -0.39 is 0 Å². The van der Waals surface area contributed by atoms with E-state index in [0.29, 0.717) is 13.2 Å². The van der Waals surface area contributed by atoms with E-state index in [2.05, 4.69) is 6.58 Å². The fourth-order valence-corrected chi connectivity index (χ4v) is 2.13. The fraction of sp³-hybridized carbons (Fsp3) is 0.889. The predicted molar refractivity (Wildman–Crippen MR) is 89.9 cm³/mol. The third kappa shape index (κ3) is 19.6. The second kappa shape index (κ2) is 19.6. The van der Waals surface area contributed by atoms with Crippen molar-refractivity contribution in [1.29, 1.82) is 0 Å². The van der Waals surface area contributed by atoms with Crippen LogP contribution in [0.2, 0.25) is 0 Å². The zero-order chi connectivity index (χ0) is 15.4. The van der Waals surface area contributed by atoms with Gasteiger partial charge in [0.1, 0.15) is 0 Å². The van der Waals surface area contributed by atoms with E-state index in [1.807, 2.05) is 6.08 Å². The maximum atomic E-state index is 5.63. The first-order chi connectivity index (χ1) is 10.4. The van der Waals surface area contributed by atoms with Crippen molar-refractivity contribution in [3.05, 3.63) is 12.7 Å². The lowest BCUT2D eigenvalue weighted by Crippen LogP contribution is -2.04. The summed E-state index contributed by atoms with van der Waals surface area (Å²) in [5.41, 5.74) is 0. The van der Waals surface area contributed by atoms with E-state index in [1.54, 1.807) is 7.11 Å². The molecular weight excluding hydrogens is 264 g/mol. The summed E-state index contributed by atoms with van der Waals surface area (Å²) in [7, 11) is 1.69. The lowest BCUT2D eigenvalue weighted by Gasteiger charge is -2.05. The topological polar surface area (TPSA) is 27.7 Å². The van der Waals surface area contributed by atoms with Gasteiger partial charge >= 0.3 is 0 Å². The Hall–Kier alpha value is -0.380. The SMILES string of the molecule is C=CCCCCCCCCCOCCCCOCCOC. The molecule has 0 amide bonds. The number of hydrogen-bond acceptors (Lipinski definition) is 3. The normalized spacial score (nSPS) is 10.9. The summed E-state index contributed by atoms with van der Waals surface area (Å²) in [5.74, 6) is 0. The molecule has 3 heteroatoms. The van der Waals surface area contributed by atoms with Gasteiger partial charge in [0.25, 0.3) is 0 Å². The maximum Gasteiger partial charge on any atom is 0.0700 e. The summed E-state index contributed by atoms with van der Waals surface area (Å²) in [5, 5.41) is 0. The number of unbranched alkanes of at least 4 members (excludes halogenated alkanes) is 8. The molecule has 0 saturated heterocycles. The molecule has 0 spiro atoms. The van der Waals surface area contributed by atoms with Crippen LogP contribution in [0.5, 0.6) is 0 Å². The predicted octanol–water partition coefficient (Wildman–Crippen LogP) is 4.75. The number of allylic oxidation sites excluding steroid dienone is 1. The molecule has 0 radical (unpaired) electrons. The average Bonchev–Trinajstić information content (AvgIpc) is 2.50. The van der Waals surface area contributed by atoms with Crippen molar-refractivity contribution < 1.29 is 14.2 Å². The minimum absolute atomic E-state index is 0.685. The van der Waals surface area contributed by atoms with Crippen LogP contribution in [-0.4, -0.2) is 40.1 Å². The second-order valence-electron chi connectivity index (χ2n) is 5.48. The van der Waals surface area contributed by atoms with E-state index in [-0.39, 0.29) is 0 Å². The third-order valence-corrected chi connectivity index (χ3v) is 3.46. The van der Waals surface area contributed by atoms with Crippen LogP contribution in [0.15, 0.2) is 12.7 Å². The molecule has 0 heterocycles. The summed E-state index contributed by atoms with van der Waals surface area (Å²) in [6.45, 7) is 7.74. The first-order valence-corrected chi connectivity index (χ1v) is 8.67. The van der Waals surface area contributed by atoms with Crippen molar-refractivity contribution in [1.82, 2.24) is 0 Å². The number of ether oxygens (including phenoxy) is 3. The molecule has 0 aromatic heterocycles. The van der Waals surface area contributed by atoms with Gasteiger partial charge in [-0.05, 0) is 32.1 Å². The van der Waals surface area contributed by atoms with Gasteiger partial charge < -0.3 is 14.2 Å². The molecule has 0 aromatic carbocycles. The van der Waals surface area contributed by atoms with Gasteiger partial charge in [0, 0.05) is 26.9 Å². The highest BCUT2D eigenvalue weighted by molar-refractivity contribution is 4.65. The minimum Gasteiger partial charge on any atom is -0.382 e. The first-order valence-electron chi connectivity index (χ1n) is 8.67. The highest BCUT2D eigenvalue weighted by atomic mass is 16.5. The number of hydrogen-bond donors (Lipinski definition) is 0. The molecular formula is C18H36O3. The van der Waals surface area contributed by atoms with Crippen molar-refractivity contribution in [3.8, 4) is 0 Å². The zero-order valence-electron chi connectivity index (χ0n) is 14.1. The lowest BCUT2D eigenvalue weighted by molar-refractivity contribution is 0.0625. The molecule has 3 nitrogen and oxygen atoms in total. The van der Waals surface area contributed by atoms with E-state index in [4.69, 9.17) is 14.2 Å². The van der Waals surface area contributed by atoms with Gasteiger partial charge in [0.2, 0.25) is 0 Å². The van der Waals surface area contributed by atoms with Crippen LogP contribution >= 0.6 is 0 Å². The fourth-order valence-electron chi connectivity index (χ4n) is 2.13. The minimum atomic E-state index is 0.685. The molecule has 0 N–H and O–H groups in total. The highest BCUT2D eigenvalue weighted by Gasteiger charge is 1.94. The Labute approximate surface area is 132 Å². The van der Waals surface area contributed by atoms with Gasteiger partial charge in [-0.15, -0.1) is 6.58 Å². The van der Waals surface area contributed by atoms with E-state index >= 15 is 0 Å². The molecule has 0 aliphatic rings. The van der Waals surface area contributed by atoms with Crippen molar-refractivity contribution in [2.75, 3.05) is 40.1 Å². The van der Waals surface area contributed by atoms with Crippen molar-refractivity contribution in [2.45, 2.75) is 64.2 Å². The zero-order valence-corrected chi connectivity index (χ0v) is 14.1. The lowest BCUT2D eigenvalue weighted by atomic mass is 10.1. The number of rotatable bonds is 18. The van der Waals surface area contributed by atoms with Gasteiger partial charge in [-0.2, -0.15) is 0 Å². The Bertz CT molecular complexity index is 195. The van der Waals surface area contributed by atoms with Crippen LogP contribution in [0.3, 0.4) is 0 Å². The Morgan fingerprint density at radius 3 is 1.67 bits per heavy atom. The van der Waals surface area contributed by atoms with Gasteiger partial charge in [-0.3, -0.25) is 0 Å². The van der Waals surface area contributed by atoms with Gasteiger partial charge in [-0.25, -0.2) is 0 Å². The monoisotopic (exact) mass is 300 g/mol. The summed E-state index contributed by atoms with van der Waals surface area (Å²) < 4.78 is 15.9. The summed E-state index contributed by atoms with van der Waals surface area (Å²) in [4.78, 5) is 0. The van der Waals surface area contributed by atoms with Crippen LogP contribution in [0.4, 0.5) is 0 Å². The molecule has 126 valence electrons. The quantitative estimate of drug-likeness (QED) is 0.270. The smallest absolute Gasteiger partial charge is 0.0700 e. The van der Waals surface area contributed by atoms with Crippen molar-refractivity contribution in [2.24, 2.45) is 0 Å². The number of methoxy groups -OCH3 is 1. The Morgan fingerprint density at radius 1 is 0.619 bits per heavy atom. The molecule has 0 atom stereocenters. The molecule has 0 unspecified atom stereocenters. The molecule has 0 aliphatic carbocycles. The Morgan fingerprint density at radius 2 is 1.10 bits per heavy atom. The van der Waals surface area contributed by atoms with Crippen LogP contribution in [-0.2, 0) is 14.2 Å². The van der Waals surface area contributed by atoms with E-state index in [0.717, 1.165) is 32.7 Å². The molecule has 0 bridgehead atoms. The van der Waals surface area contributed by atoms with E-state index in [1.165, 1.54) is 51.4 Å². The van der Waals surface area contributed by atoms with E-state index in [9.17, 15) is 0 Å². The van der Waals surface area contributed by atoms with Crippen LogP contribution < -0.4 is 0 Å². The van der Waals surface area contributed by atoms with Crippen LogP contribution in [0.25, 0.3) is 0 Å². The molecule has 0 aliphatic heterocycles. The van der Waals surface area contributed by atoms with Gasteiger partial charge in [0.15, 0.2) is 0 Å².